The molecule has 47 heavy (non-hydrogen) atoms. The summed E-state index contributed by atoms with van der Waals surface area (Å²) < 4.78 is 0. The highest BCUT2D eigenvalue weighted by molar-refractivity contribution is 6.01. The van der Waals surface area contributed by atoms with Gasteiger partial charge in [0, 0.05) is 68.9 Å². The maximum atomic E-state index is 4.98. The van der Waals surface area contributed by atoms with Crippen LogP contribution in [0.5, 0.6) is 0 Å². The molecule has 0 aliphatic carbocycles. The van der Waals surface area contributed by atoms with Crippen LogP contribution < -0.4 is 9.80 Å². The number of para-hydroxylation sites is 6. The van der Waals surface area contributed by atoms with Crippen LogP contribution in [0.1, 0.15) is 27.8 Å². The Morgan fingerprint density at radius 3 is 1.45 bits per heavy atom. The Morgan fingerprint density at radius 2 is 0.915 bits per heavy atom. The number of aromatic nitrogens is 1. The molecule has 0 radical (unpaired) electrons. The molecule has 3 nitrogen and oxygen atoms in total. The van der Waals surface area contributed by atoms with Gasteiger partial charge in [-0.3, -0.25) is 0 Å². The fraction of sp³-hybridized carbons (Fsp3) is 0.0682. The van der Waals surface area contributed by atoms with Gasteiger partial charge in [-0.25, -0.2) is 4.98 Å². The minimum atomic E-state index is 0.744. The first-order valence-electron chi connectivity index (χ1n) is 16.3. The van der Waals surface area contributed by atoms with Crippen molar-refractivity contribution in [3.63, 3.8) is 0 Å². The van der Waals surface area contributed by atoms with E-state index in [-0.39, 0.29) is 0 Å². The molecule has 0 fully saturated rings. The smallest absolute Gasteiger partial charge is 0.0712 e. The van der Waals surface area contributed by atoms with Crippen molar-refractivity contribution in [3.05, 3.63) is 186 Å². The second-order valence-electron chi connectivity index (χ2n) is 12.3. The molecule has 6 aromatic carbocycles. The number of rotatable bonds is 5. The number of hydrogen-bond acceptors (Lipinski definition) is 3. The third-order valence-corrected chi connectivity index (χ3v) is 9.77. The monoisotopic (exact) mass is 603 g/mol. The van der Waals surface area contributed by atoms with Crippen LogP contribution in [0.2, 0.25) is 0 Å². The minimum absolute atomic E-state index is 0.744. The largest absolute Gasteiger partial charge is 0.340 e. The molecular weight excluding hydrogens is 571 g/mol. The normalized spacial score (nSPS) is 13.3. The summed E-state index contributed by atoms with van der Waals surface area (Å²) in [6.45, 7) is 6.07. The Kier molecular flexibility index (Phi) is 6.50. The van der Waals surface area contributed by atoms with E-state index in [1.807, 2.05) is 0 Å². The molecule has 2 aliphatic heterocycles. The van der Waals surface area contributed by atoms with E-state index in [1.54, 1.807) is 0 Å². The van der Waals surface area contributed by atoms with E-state index in [9.17, 15) is 0 Å². The van der Waals surface area contributed by atoms with Gasteiger partial charge in [-0.2, -0.15) is 0 Å². The molecule has 0 atom stereocenters. The molecule has 0 spiro atoms. The summed E-state index contributed by atoms with van der Waals surface area (Å²) >= 11 is 0. The first-order chi connectivity index (χ1) is 23.3. The van der Waals surface area contributed by atoms with E-state index in [4.69, 9.17) is 4.98 Å². The molecule has 0 saturated carbocycles. The first-order valence-corrected chi connectivity index (χ1v) is 16.3. The second-order valence-corrected chi connectivity index (χ2v) is 12.3. The van der Waals surface area contributed by atoms with Crippen molar-refractivity contribution >= 4 is 55.7 Å². The zero-order valence-electron chi connectivity index (χ0n) is 26.1. The zero-order chi connectivity index (χ0) is 31.3. The number of anilines is 4. The van der Waals surface area contributed by atoms with Crippen molar-refractivity contribution in [2.24, 2.45) is 0 Å². The standard InChI is InChI=1S/C44H33N3/c1-30-31-14-4-10-22-41(31)46(42-23-11-5-15-32(30)42)29-27-34-37-18-6-12-24-43(37)47(44-25-13-7-19-38(34)44)28-26-33-35-16-2-8-20-39(35)45-40-21-9-3-17-36(33)40/h2-25,27H,1,26,28-29H2. The molecule has 9 rings (SSSR count). The molecule has 0 bridgehead atoms. The third-order valence-electron chi connectivity index (χ3n) is 9.77. The molecule has 2 aliphatic rings. The number of nitrogens with zero attached hydrogens (tertiary/aromatic N) is 3. The van der Waals surface area contributed by atoms with Crippen molar-refractivity contribution in [1.82, 2.24) is 4.98 Å². The molecule has 3 heteroatoms. The quantitative estimate of drug-likeness (QED) is 0.183. The third kappa shape index (κ3) is 4.46. The van der Waals surface area contributed by atoms with Crippen molar-refractivity contribution in [2.75, 3.05) is 22.9 Å². The lowest BCUT2D eigenvalue weighted by Crippen LogP contribution is -2.26. The van der Waals surface area contributed by atoms with Gasteiger partial charge in [0.05, 0.1) is 11.0 Å². The summed E-state index contributed by atoms with van der Waals surface area (Å²) in [5.74, 6) is 0. The van der Waals surface area contributed by atoms with Crippen molar-refractivity contribution in [1.29, 1.82) is 0 Å². The molecule has 0 saturated heterocycles. The molecule has 7 aromatic rings. The highest BCUT2D eigenvalue weighted by Crippen LogP contribution is 2.47. The van der Waals surface area contributed by atoms with Crippen LogP contribution in [-0.2, 0) is 6.42 Å². The van der Waals surface area contributed by atoms with Gasteiger partial charge in [-0.05, 0) is 59.5 Å². The SMILES string of the molecule is C=C1c2ccccc2N(CC=C2c3ccccc3N(CCc3c4ccccc4nc4ccccc34)c3ccccc32)c2ccccc21. The lowest BCUT2D eigenvalue weighted by Gasteiger charge is -2.36. The van der Waals surface area contributed by atoms with E-state index in [1.165, 1.54) is 66.9 Å². The Balaban J connectivity index is 1.13. The van der Waals surface area contributed by atoms with Crippen molar-refractivity contribution in [2.45, 2.75) is 6.42 Å². The Labute approximate surface area is 275 Å². The molecule has 3 heterocycles. The fourth-order valence-corrected chi connectivity index (χ4v) is 7.61. The molecular formula is C44H33N3. The first kappa shape index (κ1) is 27.4. The number of hydrogen-bond donors (Lipinski definition) is 0. The Bertz CT molecular complexity index is 2230. The van der Waals surface area contributed by atoms with Crippen LogP contribution in [-0.4, -0.2) is 18.1 Å². The maximum Gasteiger partial charge on any atom is 0.0712 e. The van der Waals surface area contributed by atoms with Crippen molar-refractivity contribution in [3.8, 4) is 0 Å². The van der Waals surface area contributed by atoms with E-state index >= 15 is 0 Å². The number of pyridine rings is 1. The van der Waals surface area contributed by atoms with Crippen LogP contribution in [0.15, 0.2) is 158 Å². The summed E-state index contributed by atoms with van der Waals surface area (Å²) in [6.07, 6.45) is 3.32. The lowest BCUT2D eigenvalue weighted by atomic mass is 9.88. The molecule has 1 aromatic heterocycles. The highest BCUT2D eigenvalue weighted by atomic mass is 15.2. The Morgan fingerprint density at radius 1 is 0.489 bits per heavy atom. The summed E-state index contributed by atoms with van der Waals surface area (Å²) in [5.41, 5.74) is 15.6. The molecule has 0 N–H and O–H groups in total. The highest BCUT2D eigenvalue weighted by Gasteiger charge is 2.28. The van der Waals surface area contributed by atoms with E-state index < -0.39 is 0 Å². The average Bonchev–Trinajstić information content (AvgIpc) is 3.13. The fourth-order valence-electron chi connectivity index (χ4n) is 7.61. The van der Waals surface area contributed by atoms with Gasteiger partial charge in [-0.1, -0.05) is 122 Å². The topological polar surface area (TPSA) is 19.4 Å². The van der Waals surface area contributed by atoms with Gasteiger partial charge >= 0.3 is 0 Å². The Hall–Kier alpha value is -5.93. The number of fused-ring (bicyclic) bond motifs is 6. The number of benzene rings is 6. The minimum Gasteiger partial charge on any atom is -0.340 e. The summed E-state index contributed by atoms with van der Waals surface area (Å²) in [5, 5.41) is 2.46. The average molecular weight is 604 g/mol. The van der Waals surface area contributed by atoms with Gasteiger partial charge in [0.15, 0.2) is 0 Å². The van der Waals surface area contributed by atoms with Gasteiger partial charge in [0.25, 0.3) is 0 Å². The predicted molar refractivity (Wildman–Crippen MR) is 198 cm³/mol. The van der Waals surface area contributed by atoms with Crippen LogP contribution in [0.3, 0.4) is 0 Å². The predicted octanol–water partition coefficient (Wildman–Crippen LogP) is 10.7. The van der Waals surface area contributed by atoms with Gasteiger partial charge in [0.1, 0.15) is 0 Å². The van der Waals surface area contributed by atoms with Crippen LogP contribution >= 0.6 is 0 Å². The second kappa shape index (κ2) is 11.1. The zero-order valence-corrected chi connectivity index (χ0v) is 26.1. The van der Waals surface area contributed by atoms with Crippen LogP contribution in [0.25, 0.3) is 33.0 Å². The van der Waals surface area contributed by atoms with E-state index in [2.05, 4.69) is 168 Å². The van der Waals surface area contributed by atoms with Crippen molar-refractivity contribution < 1.29 is 0 Å². The molecule has 0 unspecified atom stereocenters. The van der Waals surface area contributed by atoms with E-state index in [0.29, 0.717) is 0 Å². The summed E-state index contributed by atoms with van der Waals surface area (Å²) in [4.78, 5) is 9.93. The van der Waals surface area contributed by atoms with Crippen LogP contribution in [0, 0.1) is 0 Å². The van der Waals surface area contributed by atoms with Gasteiger partial charge < -0.3 is 9.80 Å². The lowest BCUT2D eigenvalue weighted by molar-refractivity contribution is 0.916. The van der Waals surface area contributed by atoms with Gasteiger partial charge in [-0.15, -0.1) is 0 Å². The van der Waals surface area contributed by atoms with E-state index in [0.717, 1.165) is 36.1 Å². The maximum absolute atomic E-state index is 4.98. The summed E-state index contributed by atoms with van der Waals surface area (Å²) in [6, 6.07) is 52.1. The van der Waals surface area contributed by atoms with Gasteiger partial charge in [0.2, 0.25) is 0 Å². The van der Waals surface area contributed by atoms with Crippen LogP contribution in [0.4, 0.5) is 22.7 Å². The summed E-state index contributed by atoms with van der Waals surface area (Å²) in [7, 11) is 0. The molecule has 224 valence electrons. The molecule has 0 amide bonds.